The van der Waals surface area contributed by atoms with E-state index in [1.807, 2.05) is 67.6 Å². The molecule has 0 fully saturated rings. The number of carbonyl (C=O) groups is 4. The highest BCUT2D eigenvalue weighted by Gasteiger charge is 2.56. The number of urea groups is 1. The van der Waals surface area contributed by atoms with Gasteiger partial charge in [0.2, 0.25) is 11.8 Å². The van der Waals surface area contributed by atoms with E-state index in [9.17, 15) is 19.2 Å². The predicted octanol–water partition coefficient (Wildman–Crippen LogP) is 6.94. The van der Waals surface area contributed by atoms with E-state index in [-0.39, 0.29) is 11.9 Å². The zero-order valence-electron chi connectivity index (χ0n) is 27.7. The van der Waals surface area contributed by atoms with Crippen LogP contribution in [0.3, 0.4) is 0 Å². The highest BCUT2D eigenvalue weighted by Crippen LogP contribution is 2.44. The van der Waals surface area contributed by atoms with Crippen LogP contribution in [0, 0.1) is 11.3 Å². The molecule has 1 aliphatic rings. The number of fused-ring (bicyclic) bond motifs is 1. The van der Waals surface area contributed by atoms with E-state index >= 15 is 0 Å². The molecule has 0 spiro atoms. The molecule has 10 nitrogen and oxygen atoms in total. The SMILES string of the molecule is CCNC(=O)Nc1ccccc1-c1ccc(NC(=O)C(C)([C@H]2CCc3ccccc3NC2=O)C(C)(C)NC(=O)OC(C)(C)C)cc1. The number of amides is 5. The molecule has 5 amide bonds. The number of benzene rings is 3. The Labute approximate surface area is 271 Å². The van der Waals surface area contributed by atoms with Crippen LogP contribution in [0.1, 0.15) is 60.5 Å². The minimum atomic E-state index is -1.42. The fraction of sp³-hybridized carbons (Fsp3) is 0.389. The van der Waals surface area contributed by atoms with Gasteiger partial charge in [-0.1, -0.05) is 48.5 Å². The van der Waals surface area contributed by atoms with Crippen molar-refractivity contribution in [2.24, 2.45) is 11.3 Å². The number of anilines is 3. The Balaban J connectivity index is 1.65. The highest BCUT2D eigenvalue weighted by molar-refractivity contribution is 6.03. The predicted molar refractivity (Wildman–Crippen MR) is 182 cm³/mol. The van der Waals surface area contributed by atoms with Gasteiger partial charge in [0.25, 0.3) is 0 Å². The third kappa shape index (κ3) is 7.67. The number of carbonyl (C=O) groups excluding carboxylic acids is 4. The second-order valence-corrected chi connectivity index (χ2v) is 13.3. The van der Waals surface area contributed by atoms with Gasteiger partial charge in [0.15, 0.2) is 0 Å². The molecule has 4 rings (SSSR count). The van der Waals surface area contributed by atoms with Crippen molar-refractivity contribution in [3.05, 3.63) is 78.4 Å². The van der Waals surface area contributed by atoms with Crippen molar-refractivity contribution in [2.75, 3.05) is 22.5 Å². The lowest BCUT2D eigenvalue weighted by molar-refractivity contribution is -0.141. The summed E-state index contributed by atoms with van der Waals surface area (Å²) >= 11 is 0. The fourth-order valence-corrected chi connectivity index (χ4v) is 5.79. The first-order chi connectivity index (χ1) is 21.6. The number of rotatable bonds is 8. The summed E-state index contributed by atoms with van der Waals surface area (Å²) in [5, 5.41) is 14.5. The molecule has 5 N–H and O–H groups in total. The topological polar surface area (TPSA) is 138 Å². The minimum absolute atomic E-state index is 0.298. The van der Waals surface area contributed by atoms with Gasteiger partial charge in [0.1, 0.15) is 5.60 Å². The first-order valence-electron chi connectivity index (χ1n) is 15.6. The third-order valence-electron chi connectivity index (χ3n) is 8.54. The number of ether oxygens (including phenoxy) is 1. The number of alkyl carbamates (subject to hydrolysis) is 1. The van der Waals surface area contributed by atoms with Crippen molar-refractivity contribution in [3.63, 3.8) is 0 Å². The van der Waals surface area contributed by atoms with Crippen molar-refractivity contribution in [3.8, 4) is 11.1 Å². The highest BCUT2D eigenvalue weighted by atomic mass is 16.6. The van der Waals surface area contributed by atoms with E-state index in [1.54, 1.807) is 53.7 Å². The third-order valence-corrected chi connectivity index (χ3v) is 8.54. The van der Waals surface area contributed by atoms with E-state index in [0.717, 1.165) is 16.7 Å². The summed E-state index contributed by atoms with van der Waals surface area (Å²) in [7, 11) is 0. The standard InChI is InChI=1S/C36H45N5O5/c1-8-37-32(44)40-29-16-12-10-14-26(29)23-17-20-25(21-18-23)38-31(43)36(7,35(5,6)41-33(45)46-34(2,3)4)27-22-19-24-13-9-11-15-28(24)39-30(27)42/h9-18,20-21,27H,8,19,22H2,1-7H3,(H,38,43)(H,39,42)(H,41,45)(H2,37,40,44)/t27-,36?/m0/s1. The molecule has 244 valence electrons. The van der Waals surface area contributed by atoms with E-state index in [0.29, 0.717) is 36.4 Å². The van der Waals surface area contributed by atoms with Crippen LogP contribution in [0.25, 0.3) is 11.1 Å². The lowest BCUT2D eigenvalue weighted by Crippen LogP contribution is -2.64. The molecular weight excluding hydrogens is 582 g/mol. The molecular formula is C36H45N5O5. The Morgan fingerprint density at radius 1 is 0.870 bits per heavy atom. The smallest absolute Gasteiger partial charge is 0.408 e. The van der Waals surface area contributed by atoms with E-state index < -0.39 is 34.5 Å². The summed E-state index contributed by atoms with van der Waals surface area (Å²) in [6.45, 7) is 12.8. The molecule has 0 radical (unpaired) electrons. The van der Waals surface area contributed by atoms with Gasteiger partial charge in [-0.15, -0.1) is 0 Å². The van der Waals surface area contributed by atoms with Crippen molar-refractivity contribution in [1.29, 1.82) is 0 Å². The maximum Gasteiger partial charge on any atom is 0.408 e. The summed E-state index contributed by atoms with van der Waals surface area (Å²) in [5.41, 5.74) is 1.11. The van der Waals surface area contributed by atoms with Crippen LogP contribution in [0.4, 0.5) is 26.7 Å². The lowest BCUT2D eigenvalue weighted by Gasteiger charge is -2.47. The van der Waals surface area contributed by atoms with Gasteiger partial charge in [-0.05, 0) is 96.7 Å². The Morgan fingerprint density at radius 2 is 1.52 bits per heavy atom. The average Bonchev–Trinajstić information content (AvgIpc) is 3.14. The van der Waals surface area contributed by atoms with Gasteiger partial charge in [-0.2, -0.15) is 0 Å². The normalized spacial score (nSPS) is 16.1. The molecule has 2 atom stereocenters. The summed E-state index contributed by atoms with van der Waals surface area (Å²) in [5.74, 6) is -1.52. The number of aryl methyl sites for hydroxylation is 1. The molecule has 1 unspecified atom stereocenters. The Hall–Kier alpha value is -4.86. The van der Waals surface area contributed by atoms with Gasteiger partial charge in [0, 0.05) is 23.5 Å². The van der Waals surface area contributed by atoms with Gasteiger partial charge in [-0.25, -0.2) is 9.59 Å². The molecule has 3 aromatic rings. The number of para-hydroxylation sites is 2. The van der Waals surface area contributed by atoms with Crippen molar-refractivity contribution in [1.82, 2.24) is 10.6 Å². The Bertz CT molecular complexity index is 1590. The molecule has 0 saturated carbocycles. The van der Waals surface area contributed by atoms with Crippen LogP contribution in [-0.2, 0) is 20.7 Å². The van der Waals surface area contributed by atoms with Crippen LogP contribution in [0.15, 0.2) is 72.8 Å². The van der Waals surface area contributed by atoms with Crippen LogP contribution in [0.5, 0.6) is 0 Å². The lowest BCUT2D eigenvalue weighted by atomic mass is 9.62. The molecule has 10 heteroatoms. The maximum atomic E-state index is 14.4. The second kappa shape index (κ2) is 13.6. The van der Waals surface area contributed by atoms with Crippen LogP contribution in [-0.4, -0.2) is 41.6 Å². The summed E-state index contributed by atoms with van der Waals surface area (Å²) in [6, 6.07) is 22.0. The molecule has 0 aromatic heterocycles. The van der Waals surface area contributed by atoms with E-state index in [2.05, 4.69) is 26.6 Å². The molecule has 0 saturated heterocycles. The Kier molecular flexibility index (Phi) is 10.1. The molecule has 1 heterocycles. The quantitative estimate of drug-likeness (QED) is 0.184. The number of nitrogens with one attached hydrogen (secondary N) is 5. The molecule has 0 aliphatic carbocycles. The molecule has 3 aromatic carbocycles. The van der Waals surface area contributed by atoms with Crippen LogP contribution < -0.4 is 26.6 Å². The zero-order chi connectivity index (χ0) is 33.7. The summed E-state index contributed by atoms with van der Waals surface area (Å²) in [6.07, 6.45) is 0.280. The zero-order valence-corrected chi connectivity index (χ0v) is 27.7. The first-order valence-corrected chi connectivity index (χ1v) is 15.6. The molecule has 1 aliphatic heterocycles. The number of hydrogen-bond acceptors (Lipinski definition) is 5. The summed E-state index contributed by atoms with van der Waals surface area (Å²) in [4.78, 5) is 53.5. The van der Waals surface area contributed by atoms with E-state index in [4.69, 9.17) is 4.74 Å². The largest absolute Gasteiger partial charge is 0.444 e. The molecule has 0 bridgehead atoms. The first kappa shape index (κ1) is 34.0. The van der Waals surface area contributed by atoms with Crippen LogP contribution >= 0.6 is 0 Å². The van der Waals surface area contributed by atoms with Gasteiger partial charge in [-0.3, -0.25) is 9.59 Å². The van der Waals surface area contributed by atoms with Gasteiger partial charge in [0.05, 0.1) is 22.6 Å². The Morgan fingerprint density at radius 3 is 2.20 bits per heavy atom. The van der Waals surface area contributed by atoms with Crippen molar-refractivity contribution >= 4 is 41.0 Å². The van der Waals surface area contributed by atoms with Gasteiger partial charge >= 0.3 is 12.1 Å². The van der Waals surface area contributed by atoms with Crippen molar-refractivity contribution < 1.29 is 23.9 Å². The number of hydrogen-bond donors (Lipinski definition) is 5. The minimum Gasteiger partial charge on any atom is -0.444 e. The van der Waals surface area contributed by atoms with Gasteiger partial charge < -0.3 is 31.3 Å². The van der Waals surface area contributed by atoms with Crippen molar-refractivity contribution in [2.45, 2.75) is 72.4 Å². The monoisotopic (exact) mass is 627 g/mol. The molecule has 46 heavy (non-hydrogen) atoms. The maximum absolute atomic E-state index is 14.4. The summed E-state index contributed by atoms with van der Waals surface area (Å²) < 4.78 is 5.55. The van der Waals surface area contributed by atoms with E-state index in [1.165, 1.54) is 0 Å². The average molecular weight is 628 g/mol. The fourth-order valence-electron chi connectivity index (χ4n) is 5.79. The van der Waals surface area contributed by atoms with Crippen LogP contribution in [0.2, 0.25) is 0 Å². The second-order valence-electron chi connectivity index (χ2n) is 13.3.